The van der Waals surface area contributed by atoms with Crippen LogP contribution in [-0.4, -0.2) is 47.2 Å². The molecule has 0 atom stereocenters. The highest BCUT2D eigenvalue weighted by atomic mass is 19.3. The number of hydrogen-bond acceptors (Lipinski definition) is 5. The van der Waals surface area contributed by atoms with Crippen LogP contribution in [0.3, 0.4) is 0 Å². The average Bonchev–Trinajstić information content (AvgIpc) is 2.72. The Morgan fingerprint density at radius 1 is 1.08 bits per heavy atom. The molecule has 7 nitrogen and oxygen atoms in total. The Hall–Kier alpha value is -3.23. The van der Waals surface area contributed by atoms with Crippen LogP contribution in [-0.2, 0) is 14.9 Å². The largest absolute Gasteiger partial charge is 0.444 e. The highest BCUT2D eigenvalue weighted by Crippen LogP contribution is 2.61. The van der Waals surface area contributed by atoms with Crippen LogP contribution in [0.5, 0.6) is 5.88 Å². The molecule has 0 bridgehead atoms. The van der Waals surface area contributed by atoms with Crippen molar-refractivity contribution in [1.82, 2.24) is 9.88 Å². The summed E-state index contributed by atoms with van der Waals surface area (Å²) in [7, 11) is 0. The average molecular weight is 516 g/mol. The van der Waals surface area contributed by atoms with Crippen LogP contribution in [0.4, 0.5) is 19.3 Å². The second kappa shape index (κ2) is 9.58. The summed E-state index contributed by atoms with van der Waals surface area (Å²) in [6, 6.07) is 11.0. The minimum Gasteiger partial charge on any atom is -0.444 e. The van der Waals surface area contributed by atoms with Crippen molar-refractivity contribution in [3.8, 4) is 5.88 Å². The van der Waals surface area contributed by atoms with Gasteiger partial charge in [-0.15, -0.1) is 0 Å². The fraction of sp³-hybridized carbons (Fsp3) is 0.536. The van der Waals surface area contributed by atoms with Gasteiger partial charge in [0.25, 0.3) is 0 Å². The topological polar surface area (TPSA) is 80.8 Å². The maximum Gasteiger partial charge on any atom is 0.410 e. The molecule has 1 aliphatic carbocycles. The third-order valence-electron chi connectivity index (χ3n) is 7.04. The summed E-state index contributed by atoms with van der Waals surface area (Å²) in [6.07, 6.45) is 0.695. The Bertz CT molecular complexity index is 1180. The van der Waals surface area contributed by atoms with Crippen LogP contribution in [0, 0.1) is 12.3 Å². The number of halogens is 2. The molecule has 1 saturated heterocycles. The summed E-state index contributed by atoms with van der Waals surface area (Å²) >= 11 is 0. The normalized spacial score (nSPS) is 17.8. The lowest BCUT2D eigenvalue weighted by Gasteiger charge is -2.63. The highest BCUT2D eigenvalue weighted by Gasteiger charge is 2.65. The Morgan fingerprint density at radius 2 is 1.73 bits per heavy atom. The molecule has 2 aliphatic rings. The number of amides is 2. The van der Waals surface area contributed by atoms with E-state index in [0.717, 1.165) is 11.1 Å². The van der Waals surface area contributed by atoms with Crippen molar-refractivity contribution >= 4 is 17.7 Å². The molecule has 1 spiro atoms. The van der Waals surface area contributed by atoms with Gasteiger partial charge in [0.1, 0.15) is 11.3 Å². The number of nitrogens with one attached hydrogen (secondary N) is 1. The van der Waals surface area contributed by atoms with E-state index in [1.54, 1.807) is 17.9 Å². The Balaban J connectivity index is 1.62. The molecule has 9 heteroatoms. The van der Waals surface area contributed by atoms with Gasteiger partial charge < -0.3 is 19.7 Å². The van der Waals surface area contributed by atoms with Gasteiger partial charge in [-0.2, -0.15) is 8.78 Å². The summed E-state index contributed by atoms with van der Waals surface area (Å²) < 4.78 is 36.2. The predicted octanol–water partition coefficient (Wildman–Crippen LogP) is 6.02. The molecule has 1 aromatic heterocycles. The number of ether oxygens (including phenoxy) is 2. The molecule has 37 heavy (non-hydrogen) atoms. The van der Waals surface area contributed by atoms with E-state index in [0.29, 0.717) is 31.6 Å². The minimum atomic E-state index is -3.07. The molecule has 2 aromatic rings. The summed E-state index contributed by atoms with van der Waals surface area (Å²) in [5, 5.41) is 2.84. The lowest BCUT2D eigenvalue weighted by molar-refractivity contribution is -0.145. The van der Waals surface area contributed by atoms with Crippen LogP contribution in [0.1, 0.15) is 70.2 Å². The van der Waals surface area contributed by atoms with E-state index in [9.17, 15) is 18.4 Å². The van der Waals surface area contributed by atoms with Crippen LogP contribution in [0.2, 0.25) is 0 Å². The van der Waals surface area contributed by atoms with Crippen LogP contribution in [0.25, 0.3) is 0 Å². The molecule has 1 aromatic carbocycles. The maximum atomic E-state index is 14.0. The molecule has 0 radical (unpaired) electrons. The van der Waals surface area contributed by atoms with Crippen LogP contribution in [0.15, 0.2) is 36.4 Å². The number of rotatable bonds is 6. The number of likely N-dealkylation sites (tertiary alicyclic amines) is 1. The van der Waals surface area contributed by atoms with Gasteiger partial charge in [-0.25, -0.2) is 9.78 Å². The molecular weight excluding hydrogens is 480 g/mol. The van der Waals surface area contributed by atoms with Crippen molar-refractivity contribution in [3.63, 3.8) is 0 Å². The minimum absolute atomic E-state index is 0.0993. The van der Waals surface area contributed by atoms with E-state index < -0.39 is 17.6 Å². The number of carbonyl (C=O) groups excluding carboxylic acids is 2. The van der Waals surface area contributed by atoms with Gasteiger partial charge >= 0.3 is 12.7 Å². The molecule has 4 rings (SSSR count). The molecule has 2 fully saturated rings. The lowest BCUT2D eigenvalue weighted by Crippen LogP contribution is -2.70. The third-order valence-corrected chi connectivity index (χ3v) is 7.04. The van der Waals surface area contributed by atoms with E-state index in [1.807, 2.05) is 45.0 Å². The Labute approximate surface area is 216 Å². The monoisotopic (exact) mass is 515 g/mol. The molecular formula is C28H35F2N3O4. The molecule has 1 saturated carbocycles. The number of benzene rings is 1. The highest BCUT2D eigenvalue weighted by molar-refractivity contribution is 6.01. The molecule has 200 valence electrons. The van der Waals surface area contributed by atoms with Gasteiger partial charge in [0, 0.05) is 24.2 Å². The number of carbonyl (C=O) groups is 2. The smallest absolute Gasteiger partial charge is 0.410 e. The lowest BCUT2D eigenvalue weighted by atomic mass is 9.46. The first-order chi connectivity index (χ1) is 17.2. The summed E-state index contributed by atoms with van der Waals surface area (Å²) in [5.74, 6) is -0.438. The molecule has 2 heterocycles. The van der Waals surface area contributed by atoms with Crippen LogP contribution < -0.4 is 10.1 Å². The second-order valence-electron chi connectivity index (χ2n) is 11.7. The number of aromatic nitrogens is 1. The molecule has 1 N–H and O–H groups in total. The van der Waals surface area contributed by atoms with Crippen molar-refractivity contribution in [2.45, 2.75) is 77.9 Å². The zero-order valence-corrected chi connectivity index (χ0v) is 22.2. The van der Waals surface area contributed by atoms with Gasteiger partial charge in [-0.05, 0) is 69.7 Å². The van der Waals surface area contributed by atoms with Gasteiger partial charge in [-0.3, -0.25) is 4.79 Å². The predicted molar refractivity (Wildman–Crippen MR) is 136 cm³/mol. The molecule has 0 unspecified atom stereocenters. The van der Waals surface area contributed by atoms with Gasteiger partial charge in [0.2, 0.25) is 11.8 Å². The fourth-order valence-electron chi connectivity index (χ4n) is 5.62. The number of aryl methyl sites for hydroxylation is 1. The van der Waals surface area contributed by atoms with Crippen molar-refractivity contribution in [1.29, 1.82) is 0 Å². The van der Waals surface area contributed by atoms with E-state index >= 15 is 0 Å². The summed E-state index contributed by atoms with van der Waals surface area (Å²) in [4.78, 5) is 32.2. The SMILES string of the molecule is Cc1ccc(NC(=O)C2(c3ccccc3C(C)C)CC3(CN(C(=O)OC(C)(C)C)C3)C2)c(OC(F)F)n1. The van der Waals surface area contributed by atoms with Crippen molar-refractivity contribution < 1.29 is 27.8 Å². The van der Waals surface area contributed by atoms with E-state index in [-0.39, 0.29) is 34.9 Å². The number of hydrogen-bond donors (Lipinski definition) is 1. The number of alkyl halides is 2. The Kier molecular flexibility index (Phi) is 6.94. The molecule has 1 aliphatic heterocycles. The second-order valence-corrected chi connectivity index (χ2v) is 11.7. The first-order valence-electron chi connectivity index (χ1n) is 12.5. The van der Waals surface area contributed by atoms with E-state index in [4.69, 9.17) is 4.74 Å². The van der Waals surface area contributed by atoms with Crippen molar-refractivity contribution in [2.75, 3.05) is 18.4 Å². The van der Waals surface area contributed by atoms with Crippen LogP contribution >= 0.6 is 0 Å². The first kappa shape index (κ1) is 26.8. The Morgan fingerprint density at radius 3 is 2.32 bits per heavy atom. The number of nitrogens with zero attached hydrogens (tertiary/aromatic N) is 2. The zero-order chi connectivity index (χ0) is 27.2. The number of anilines is 1. The summed E-state index contributed by atoms with van der Waals surface area (Å²) in [6.45, 7) is 9.24. The van der Waals surface area contributed by atoms with Gasteiger partial charge in [0.15, 0.2) is 0 Å². The van der Waals surface area contributed by atoms with Crippen molar-refractivity contribution in [3.05, 3.63) is 53.2 Å². The first-order valence-corrected chi connectivity index (χ1v) is 12.5. The quantitative estimate of drug-likeness (QED) is 0.509. The standard InChI is InChI=1S/C28H35F2N3O4/c1-17(2)19-9-7-8-10-20(19)28(13-27(14-28)15-33(16-27)25(35)37-26(4,5)6)23(34)32-21-12-11-18(3)31-22(21)36-24(29)30/h7-12,17,24H,13-16H2,1-6H3,(H,32,34). The van der Waals surface area contributed by atoms with Gasteiger partial charge in [0.05, 0.1) is 5.41 Å². The fourth-order valence-corrected chi connectivity index (χ4v) is 5.62. The van der Waals surface area contributed by atoms with Gasteiger partial charge in [-0.1, -0.05) is 38.1 Å². The van der Waals surface area contributed by atoms with Crippen molar-refractivity contribution in [2.24, 2.45) is 5.41 Å². The van der Waals surface area contributed by atoms with E-state index in [2.05, 4.69) is 28.9 Å². The number of pyridine rings is 1. The molecule has 2 amide bonds. The zero-order valence-electron chi connectivity index (χ0n) is 22.2. The van der Waals surface area contributed by atoms with E-state index in [1.165, 1.54) is 6.07 Å². The maximum absolute atomic E-state index is 14.0. The summed E-state index contributed by atoms with van der Waals surface area (Å²) in [5.41, 5.74) is 0.900. The third kappa shape index (κ3) is 5.40.